The molecule has 18 heavy (non-hydrogen) atoms. The van der Waals surface area contributed by atoms with Crippen molar-refractivity contribution in [3.63, 3.8) is 0 Å². The number of carbonyl (C=O) groups excluding carboxylic acids is 1. The molecule has 5 heteroatoms. The van der Waals surface area contributed by atoms with Crippen molar-refractivity contribution < 1.29 is 9.18 Å². The molecular formula is C13H18FN3O. The van der Waals surface area contributed by atoms with Crippen LogP contribution in [0.15, 0.2) is 18.2 Å². The highest BCUT2D eigenvalue weighted by atomic mass is 19.1. The van der Waals surface area contributed by atoms with E-state index in [9.17, 15) is 9.18 Å². The molecule has 3 N–H and O–H groups in total. The number of anilines is 1. The molecule has 4 nitrogen and oxygen atoms in total. The van der Waals surface area contributed by atoms with Gasteiger partial charge in [-0.25, -0.2) is 4.39 Å². The molecule has 1 atom stereocenters. The lowest BCUT2D eigenvalue weighted by Crippen LogP contribution is -2.54. The highest BCUT2D eigenvalue weighted by Crippen LogP contribution is 2.17. The number of hydrogen-bond donors (Lipinski definition) is 2. The topological polar surface area (TPSA) is 58.4 Å². The molecule has 1 heterocycles. The number of nitrogen functional groups attached to an aromatic ring is 1. The van der Waals surface area contributed by atoms with Gasteiger partial charge in [-0.05, 0) is 18.6 Å². The van der Waals surface area contributed by atoms with Crippen molar-refractivity contribution in [2.75, 3.05) is 18.8 Å². The van der Waals surface area contributed by atoms with Gasteiger partial charge in [0.1, 0.15) is 5.82 Å². The fraction of sp³-hybridized carbons (Fsp3) is 0.462. The van der Waals surface area contributed by atoms with Crippen LogP contribution in [0.3, 0.4) is 0 Å². The molecule has 1 aliphatic rings. The van der Waals surface area contributed by atoms with Gasteiger partial charge in [0.25, 0.3) is 0 Å². The van der Waals surface area contributed by atoms with E-state index >= 15 is 0 Å². The van der Waals surface area contributed by atoms with Gasteiger partial charge in [-0.3, -0.25) is 9.69 Å². The van der Waals surface area contributed by atoms with Crippen molar-refractivity contribution in [2.24, 2.45) is 0 Å². The summed E-state index contributed by atoms with van der Waals surface area (Å²) in [6.07, 6.45) is 0.725. The minimum Gasteiger partial charge on any atom is -0.399 e. The Kier molecular flexibility index (Phi) is 3.81. The Balaban J connectivity index is 2.14. The van der Waals surface area contributed by atoms with E-state index in [2.05, 4.69) is 5.32 Å². The summed E-state index contributed by atoms with van der Waals surface area (Å²) in [5.41, 5.74) is 6.52. The first kappa shape index (κ1) is 12.8. The Morgan fingerprint density at radius 2 is 2.33 bits per heavy atom. The zero-order valence-electron chi connectivity index (χ0n) is 10.4. The maximum absolute atomic E-state index is 13.7. The Morgan fingerprint density at radius 1 is 1.56 bits per heavy atom. The number of piperazine rings is 1. The van der Waals surface area contributed by atoms with E-state index in [4.69, 9.17) is 5.73 Å². The predicted octanol–water partition coefficient (Wildman–Crippen LogP) is 1.12. The Labute approximate surface area is 106 Å². The first-order valence-corrected chi connectivity index (χ1v) is 6.17. The van der Waals surface area contributed by atoms with Crippen LogP contribution in [-0.2, 0) is 11.3 Å². The van der Waals surface area contributed by atoms with E-state index < -0.39 is 0 Å². The van der Waals surface area contributed by atoms with Crippen LogP contribution >= 0.6 is 0 Å². The molecule has 1 fully saturated rings. The van der Waals surface area contributed by atoms with Crippen molar-refractivity contribution in [1.82, 2.24) is 10.2 Å². The SMILES string of the molecule is CCC1C(=O)NCCN1Cc1ccc(N)cc1F. The molecule has 1 amide bonds. The number of rotatable bonds is 3. The van der Waals surface area contributed by atoms with E-state index in [0.29, 0.717) is 24.3 Å². The summed E-state index contributed by atoms with van der Waals surface area (Å²) < 4.78 is 13.7. The molecule has 0 radical (unpaired) electrons. The van der Waals surface area contributed by atoms with Crippen molar-refractivity contribution in [1.29, 1.82) is 0 Å². The number of hydrogen-bond acceptors (Lipinski definition) is 3. The van der Waals surface area contributed by atoms with E-state index in [1.165, 1.54) is 6.07 Å². The number of amides is 1. The molecule has 0 spiro atoms. The molecule has 2 rings (SSSR count). The molecule has 1 aromatic carbocycles. The zero-order chi connectivity index (χ0) is 13.1. The average molecular weight is 251 g/mol. The lowest BCUT2D eigenvalue weighted by Gasteiger charge is -2.34. The summed E-state index contributed by atoms with van der Waals surface area (Å²) in [6.45, 7) is 3.76. The van der Waals surface area contributed by atoms with Crippen LogP contribution in [0.2, 0.25) is 0 Å². The molecular weight excluding hydrogens is 233 g/mol. The predicted molar refractivity (Wildman–Crippen MR) is 68.3 cm³/mol. The molecule has 0 aliphatic carbocycles. The highest BCUT2D eigenvalue weighted by Gasteiger charge is 2.28. The molecule has 1 unspecified atom stereocenters. The minimum absolute atomic E-state index is 0.0274. The highest BCUT2D eigenvalue weighted by molar-refractivity contribution is 5.82. The first-order valence-electron chi connectivity index (χ1n) is 6.17. The number of nitrogens with two attached hydrogens (primary N) is 1. The third-order valence-electron chi connectivity index (χ3n) is 3.28. The van der Waals surface area contributed by atoms with Gasteiger partial charge in [0.2, 0.25) is 5.91 Å². The largest absolute Gasteiger partial charge is 0.399 e. The van der Waals surface area contributed by atoms with Crippen LogP contribution in [0, 0.1) is 5.82 Å². The van der Waals surface area contributed by atoms with Crippen LogP contribution in [0.4, 0.5) is 10.1 Å². The van der Waals surface area contributed by atoms with E-state index in [0.717, 1.165) is 13.0 Å². The summed E-state index contributed by atoms with van der Waals surface area (Å²) in [5, 5.41) is 2.83. The van der Waals surface area contributed by atoms with Crippen molar-refractivity contribution >= 4 is 11.6 Å². The molecule has 0 bridgehead atoms. The number of benzene rings is 1. The maximum atomic E-state index is 13.7. The van der Waals surface area contributed by atoms with Gasteiger partial charge >= 0.3 is 0 Å². The van der Waals surface area contributed by atoms with Crippen molar-refractivity contribution in [3.05, 3.63) is 29.6 Å². The Hall–Kier alpha value is -1.62. The third-order valence-corrected chi connectivity index (χ3v) is 3.28. The molecule has 1 aromatic rings. The summed E-state index contributed by atoms with van der Waals surface area (Å²) in [7, 11) is 0. The summed E-state index contributed by atoms with van der Waals surface area (Å²) in [5.74, 6) is -0.282. The van der Waals surface area contributed by atoms with Crippen LogP contribution in [-0.4, -0.2) is 29.9 Å². The number of halogens is 1. The third kappa shape index (κ3) is 2.61. The summed E-state index contributed by atoms with van der Waals surface area (Å²) in [4.78, 5) is 13.7. The number of carbonyl (C=O) groups is 1. The summed E-state index contributed by atoms with van der Waals surface area (Å²) >= 11 is 0. The Morgan fingerprint density at radius 3 is 3.00 bits per heavy atom. The van der Waals surface area contributed by atoms with E-state index in [-0.39, 0.29) is 17.8 Å². The van der Waals surface area contributed by atoms with Crippen LogP contribution < -0.4 is 11.1 Å². The van der Waals surface area contributed by atoms with Gasteiger partial charge < -0.3 is 11.1 Å². The molecule has 98 valence electrons. The quantitative estimate of drug-likeness (QED) is 0.791. The molecule has 0 saturated carbocycles. The maximum Gasteiger partial charge on any atom is 0.237 e. The van der Waals surface area contributed by atoms with Crippen molar-refractivity contribution in [3.8, 4) is 0 Å². The minimum atomic E-state index is -0.309. The zero-order valence-corrected chi connectivity index (χ0v) is 10.4. The second-order valence-corrected chi connectivity index (χ2v) is 4.54. The average Bonchev–Trinajstić information content (AvgIpc) is 2.33. The molecule has 0 aromatic heterocycles. The van der Waals surface area contributed by atoms with Gasteiger partial charge in [-0.15, -0.1) is 0 Å². The lowest BCUT2D eigenvalue weighted by atomic mass is 10.1. The van der Waals surface area contributed by atoms with Crippen molar-refractivity contribution in [2.45, 2.75) is 25.9 Å². The van der Waals surface area contributed by atoms with Gasteiger partial charge in [0, 0.05) is 30.9 Å². The monoisotopic (exact) mass is 251 g/mol. The first-order chi connectivity index (χ1) is 8.61. The second-order valence-electron chi connectivity index (χ2n) is 4.54. The smallest absolute Gasteiger partial charge is 0.237 e. The Bertz CT molecular complexity index is 450. The molecule has 1 aliphatic heterocycles. The van der Waals surface area contributed by atoms with E-state index in [1.54, 1.807) is 12.1 Å². The molecule has 1 saturated heterocycles. The lowest BCUT2D eigenvalue weighted by molar-refractivity contribution is -0.129. The fourth-order valence-electron chi connectivity index (χ4n) is 2.31. The van der Waals surface area contributed by atoms with Gasteiger partial charge in [-0.1, -0.05) is 13.0 Å². The second kappa shape index (κ2) is 5.35. The standard InChI is InChI=1S/C13H18FN3O/c1-2-12-13(18)16-5-6-17(12)8-9-3-4-10(15)7-11(9)14/h3-4,7,12H,2,5-6,8,15H2,1H3,(H,16,18). The number of nitrogens with zero attached hydrogens (tertiary/aromatic N) is 1. The fourth-order valence-corrected chi connectivity index (χ4v) is 2.31. The normalized spacial score (nSPS) is 20.8. The summed E-state index contributed by atoms with van der Waals surface area (Å²) in [6, 6.07) is 4.52. The van der Waals surface area contributed by atoms with Crippen LogP contribution in [0.5, 0.6) is 0 Å². The van der Waals surface area contributed by atoms with E-state index in [1.807, 2.05) is 11.8 Å². The van der Waals surface area contributed by atoms with Gasteiger partial charge in [-0.2, -0.15) is 0 Å². The number of nitrogens with one attached hydrogen (secondary N) is 1. The van der Waals surface area contributed by atoms with Gasteiger partial charge in [0.15, 0.2) is 0 Å². The van der Waals surface area contributed by atoms with Gasteiger partial charge in [0.05, 0.1) is 6.04 Å². The van der Waals surface area contributed by atoms with Crippen LogP contribution in [0.1, 0.15) is 18.9 Å². The van der Waals surface area contributed by atoms with Crippen LogP contribution in [0.25, 0.3) is 0 Å².